The van der Waals surface area contributed by atoms with E-state index in [9.17, 15) is 0 Å². The zero-order valence-electron chi connectivity index (χ0n) is 4.99. The molecule has 8 heavy (non-hydrogen) atoms. The van der Waals surface area contributed by atoms with Crippen LogP contribution in [0.1, 0.15) is 32.1 Å². The van der Waals surface area contributed by atoms with Gasteiger partial charge in [-0.15, -0.1) is 0 Å². The Morgan fingerprint density at radius 3 is 1.50 bits per heavy atom. The number of hydrogen-bond acceptors (Lipinski definition) is 0. The van der Waals surface area contributed by atoms with Crippen molar-refractivity contribution in [2.75, 3.05) is 0 Å². The van der Waals surface area contributed by atoms with Crippen molar-refractivity contribution in [3.8, 4) is 0 Å². The molecule has 2 heteroatoms. The molecule has 1 aliphatic carbocycles. The predicted molar refractivity (Wildman–Crippen MR) is 27.4 cm³/mol. The van der Waals surface area contributed by atoms with Crippen LogP contribution in [0.4, 0.5) is 0 Å². The molecule has 0 aromatic rings. The minimum Gasteiger partial charge on any atom is -1.00 e. The summed E-state index contributed by atoms with van der Waals surface area (Å²) in [6, 6.07) is 0. The molecule has 0 aromatic heterocycles. The number of hydrogen-bond donors (Lipinski definition) is 0. The van der Waals surface area contributed by atoms with Gasteiger partial charge in [-0.1, -0.05) is 19.3 Å². The molecule has 0 heterocycles. The first-order valence-corrected chi connectivity index (χ1v) is 2.82. The van der Waals surface area contributed by atoms with Gasteiger partial charge in [-0.25, -0.2) is 0 Å². The summed E-state index contributed by atoms with van der Waals surface area (Å²) in [6.45, 7) is 0. The summed E-state index contributed by atoms with van der Waals surface area (Å²) in [6.07, 6.45) is 9.50. The summed E-state index contributed by atoms with van der Waals surface area (Å²) in [5, 5.41) is 0. The maximum absolute atomic E-state index is 2.39. The molecular weight excluding hydrogens is 199 g/mol. The average Bonchev–Trinajstić information content (AvgIpc) is 1.72. The Hall–Kier alpha value is 1.17. The molecule has 0 N–H and O–H groups in total. The van der Waals surface area contributed by atoms with E-state index in [1.54, 1.807) is 0 Å². The van der Waals surface area contributed by atoms with Gasteiger partial charge in [0.1, 0.15) is 0 Å². The monoisotopic (exact) mass is 208 g/mol. The van der Waals surface area contributed by atoms with E-state index in [1.807, 2.05) is 0 Å². The van der Waals surface area contributed by atoms with E-state index in [1.165, 1.54) is 32.1 Å². The molecule has 0 bridgehead atoms. The third kappa shape index (κ3) is 5.31. The van der Waals surface area contributed by atoms with E-state index in [2.05, 4.69) is 6.42 Å². The topological polar surface area (TPSA) is 0 Å². The van der Waals surface area contributed by atoms with Gasteiger partial charge in [0.05, 0.1) is 0 Å². The van der Waals surface area contributed by atoms with Crippen molar-refractivity contribution >= 4 is 0 Å². The van der Waals surface area contributed by atoms with Crippen LogP contribution in [0.5, 0.6) is 0 Å². The standard InChI is InChI=1S/C6H11.ClH.Zr/c1-2-4-6-5-3-1;;/h1H,2-6H2;1H;/q-1;;+2/p-1. The molecular formula is C6H11ClZr. The third-order valence-corrected chi connectivity index (χ3v) is 1.32. The predicted octanol–water partition coefficient (Wildman–Crippen LogP) is -0.844. The van der Waals surface area contributed by atoms with Crippen molar-refractivity contribution in [2.45, 2.75) is 32.1 Å². The summed E-state index contributed by atoms with van der Waals surface area (Å²) in [4.78, 5) is 0. The van der Waals surface area contributed by atoms with Gasteiger partial charge in [-0.2, -0.15) is 12.8 Å². The summed E-state index contributed by atoms with van der Waals surface area (Å²) >= 11 is 0. The van der Waals surface area contributed by atoms with Gasteiger partial charge >= 0.3 is 26.2 Å². The smallest absolute Gasteiger partial charge is 1.00 e. The van der Waals surface area contributed by atoms with Crippen LogP contribution in [-0.4, -0.2) is 0 Å². The Labute approximate surface area is 77.0 Å². The first kappa shape index (κ1) is 11.9. The fourth-order valence-electron chi connectivity index (χ4n) is 0.898. The van der Waals surface area contributed by atoms with Crippen molar-refractivity contribution in [3.05, 3.63) is 6.42 Å². The van der Waals surface area contributed by atoms with Gasteiger partial charge in [0, 0.05) is 0 Å². The van der Waals surface area contributed by atoms with Gasteiger partial charge in [0.15, 0.2) is 0 Å². The molecule has 0 unspecified atom stereocenters. The second-order valence-electron chi connectivity index (χ2n) is 1.93. The molecule has 1 fully saturated rings. The van der Waals surface area contributed by atoms with Crippen LogP contribution in [0.25, 0.3) is 0 Å². The Morgan fingerprint density at radius 2 is 1.38 bits per heavy atom. The molecule has 0 saturated heterocycles. The van der Waals surface area contributed by atoms with Crippen LogP contribution >= 0.6 is 0 Å². The van der Waals surface area contributed by atoms with Crippen LogP contribution in [0.3, 0.4) is 0 Å². The van der Waals surface area contributed by atoms with E-state index in [0.717, 1.165) is 0 Å². The maximum Gasteiger partial charge on any atom is 2.00 e. The Bertz CT molecular complexity index is 24.0. The van der Waals surface area contributed by atoms with E-state index >= 15 is 0 Å². The molecule has 0 aromatic carbocycles. The Kier molecular flexibility index (Phi) is 12.2. The van der Waals surface area contributed by atoms with Gasteiger partial charge in [-0.3, -0.25) is 0 Å². The fourth-order valence-corrected chi connectivity index (χ4v) is 0.898. The van der Waals surface area contributed by atoms with Gasteiger partial charge < -0.3 is 18.8 Å². The van der Waals surface area contributed by atoms with E-state index < -0.39 is 0 Å². The average molecular weight is 210 g/mol. The fraction of sp³-hybridized carbons (Fsp3) is 0.833. The summed E-state index contributed by atoms with van der Waals surface area (Å²) in [7, 11) is 0. The molecule has 46 valence electrons. The molecule has 0 aliphatic heterocycles. The van der Waals surface area contributed by atoms with Crippen LogP contribution in [0.15, 0.2) is 0 Å². The molecule has 0 nitrogen and oxygen atoms in total. The normalized spacial score (nSPS) is 18.0. The van der Waals surface area contributed by atoms with Crippen LogP contribution in [-0.2, 0) is 26.2 Å². The van der Waals surface area contributed by atoms with E-state index in [4.69, 9.17) is 0 Å². The van der Waals surface area contributed by atoms with Crippen LogP contribution < -0.4 is 12.4 Å². The van der Waals surface area contributed by atoms with Gasteiger partial charge in [-0.05, 0) is 0 Å². The van der Waals surface area contributed by atoms with Crippen LogP contribution in [0.2, 0.25) is 0 Å². The zero-order valence-corrected chi connectivity index (χ0v) is 8.20. The van der Waals surface area contributed by atoms with Crippen LogP contribution in [0, 0.1) is 6.42 Å². The zero-order chi connectivity index (χ0) is 4.24. The van der Waals surface area contributed by atoms with E-state index in [-0.39, 0.29) is 38.6 Å². The Balaban J connectivity index is 0. The van der Waals surface area contributed by atoms with Crippen molar-refractivity contribution < 1.29 is 38.6 Å². The largest absolute Gasteiger partial charge is 2.00 e. The number of rotatable bonds is 0. The molecule has 1 saturated carbocycles. The summed E-state index contributed by atoms with van der Waals surface area (Å²) in [5.41, 5.74) is 0. The van der Waals surface area contributed by atoms with Crippen molar-refractivity contribution in [3.63, 3.8) is 0 Å². The molecule has 0 amide bonds. The van der Waals surface area contributed by atoms with Crippen molar-refractivity contribution in [1.29, 1.82) is 0 Å². The minimum absolute atomic E-state index is 0. The van der Waals surface area contributed by atoms with E-state index in [0.29, 0.717) is 0 Å². The quantitative estimate of drug-likeness (QED) is 0.457. The SMILES string of the molecule is [CH-]1CCCCC1.[Cl-].[Zr+2]. The first-order chi connectivity index (χ1) is 3.00. The summed E-state index contributed by atoms with van der Waals surface area (Å²) in [5.74, 6) is 0. The van der Waals surface area contributed by atoms with Gasteiger partial charge in [0.2, 0.25) is 0 Å². The Morgan fingerprint density at radius 1 is 0.875 bits per heavy atom. The molecule has 0 spiro atoms. The number of halogens is 1. The summed E-state index contributed by atoms with van der Waals surface area (Å²) < 4.78 is 0. The second kappa shape index (κ2) is 8.17. The second-order valence-corrected chi connectivity index (χ2v) is 1.93. The first-order valence-electron chi connectivity index (χ1n) is 2.82. The molecule has 0 radical (unpaired) electrons. The maximum atomic E-state index is 2.39. The third-order valence-electron chi connectivity index (χ3n) is 1.32. The van der Waals surface area contributed by atoms with Crippen molar-refractivity contribution in [2.24, 2.45) is 0 Å². The minimum atomic E-state index is 0. The van der Waals surface area contributed by atoms with Gasteiger partial charge in [0.25, 0.3) is 0 Å². The molecule has 1 aliphatic rings. The molecule has 0 atom stereocenters. The molecule has 1 rings (SSSR count). The van der Waals surface area contributed by atoms with Crippen molar-refractivity contribution in [1.82, 2.24) is 0 Å².